The lowest BCUT2D eigenvalue weighted by Gasteiger charge is -2.37. The van der Waals surface area contributed by atoms with Crippen molar-refractivity contribution >= 4 is 12.0 Å². The molecule has 1 aromatic carbocycles. The van der Waals surface area contributed by atoms with Crippen molar-refractivity contribution in [2.75, 3.05) is 45.9 Å². The Morgan fingerprint density at radius 3 is 2.37 bits per heavy atom. The molecule has 1 aromatic rings. The molecule has 0 bridgehead atoms. The van der Waals surface area contributed by atoms with Gasteiger partial charge in [0.2, 0.25) is 5.91 Å². The lowest BCUT2D eigenvalue weighted by Crippen LogP contribution is -3.11. The Bertz CT molecular complexity index is 654. The maximum atomic E-state index is 13.8. The summed E-state index contributed by atoms with van der Waals surface area (Å²) in [4.78, 5) is 29.4. The van der Waals surface area contributed by atoms with Crippen molar-refractivity contribution in [1.82, 2.24) is 9.80 Å². The van der Waals surface area contributed by atoms with E-state index in [1.165, 1.54) is 11.0 Å². The molecule has 0 unspecified atom stereocenters. The molecule has 2 fully saturated rings. The largest absolute Gasteiger partial charge is 0.450 e. The van der Waals surface area contributed by atoms with Gasteiger partial charge in [0, 0.05) is 50.5 Å². The molecule has 6 nitrogen and oxygen atoms in total. The molecule has 0 radical (unpaired) electrons. The average Bonchev–Trinajstić information content (AvgIpc) is 2.70. The second-order valence-corrected chi connectivity index (χ2v) is 7.30. The number of benzene rings is 1. The fourth-order valence-electron chi connectivity index (χ4n) is 3.94. The highest BCUT2D eigenvalue weighted by molar-refractivity contribution is 5.79. The van der Waals surface area contributed by atoms with Crippen LogP contribution in [-0.4, -0.2) is 67.7 Å². The predicted molar refractivity (Wildman–Crippen MR) is 98.7 cm³/mol. The summed E-state index contributed by atoms with van der Waals surface area (Å²) in [5, 5.41) is 0. The second-order valence-electron chi connectivity index (χ2n) is 7.30. The maximum Gasteiger partial charge on any atom is 0.409 e. The number of carbonyl (C=O) groups excluding carboxylic acids is 2. The smallest absolute Gasteiger partial charge is 0.409 e. The number of piperidine rings is 1. The molecule has 1 N–H and O–H groups in total. The van der Waals surface area contributed by atoms with Crippen LogP contribution in [0.5, 0.6) is 0 Å². The van der Waals surface area contributed by atoms with E-state index in [2.05, 4.69) is 0 Å². The summed E-state index contributed by atoms with van der Waals surface area (Å²) < 4.78 is 18.8. The number of ether oxygens (including phenoxy) is 1. The third-order valence-corrected chi connectivity index (χ3v) is 5.56. The molecule has 0 saturated carbocycles. The lowest BCUT2D eigenvalue weighted by atomic mass is 9.94. The van der Waals surface area contributed by atoms with E-state index in [4.69, 9.17) is 4.74 Å². The fraction of sp³-hybridized carbons (Fsp3) is 0.600. The van der Waals surface area contributed by atoms with Crippen molar-refractivity contribution in [2.24, 2.45) is 5.92 Å². The van der Waals surface area contributed by atoms with Gasteiger partial charge in [-0.15, -0.1) is 0 Å². The topological polar surface area (TPSA) is 54.3 Å². The van der Waals surface area contributed by atoms with Gasteiger partial charge in [0.05, 0.1) is 19.7 Å². The van der Waals surface area contributed by atoms with Crippen molar-refractivity contribution < 1.29 is 23.6 Å². The van der Waals surface area contributed by atoms with E-state index in [9.17, 15) is 14.0 Å². The molecule has 0 aromatic heterocycles. The van der Waals surface area contributed by atoms with Crippen molar-refractivity contribution in [1.29, 1.82) is 0 Å². The molecule has 0 atom stereocenters. The van der Waals surface area contributed by atoms with E-state index >= 15 is 0 Å². The highest BCUT2D eigenvalue weighted by atomic mass is 19.1. The van der Waals surface area contributed by atoms with Crippen LogP contribution in [0.1, 0.15) is 25.3 Å². The minimum absolute atomic E-state index is 0.0449. The van der Waals surface area contributed by atoms with Crippen LogP contribution < -0.4 is 4.90 Å². The van der Waals surface area contributed by atoms with Crippen LogP contribution in [0, 0.1) is 11.7 Å². The van der Waals surface area contributed by atoms with Gasteiger partial charge < -0.3 is 19.4 Å². The summed E-state index contributed by atoms with van der Waals surface area (Å²) in [6, 6.07) is 6.91. The number of rotatable bonds is 4. The van der Waals surface area contributed by atoms with E-state index in [-0.39, 0.29) is 23.7 Å². The summed E-state index contributed by atoms with van der Waals surface area (Å²) in [5.74, 6) is 0.0923. The summed E-state index contributed by atoms with van der Waals surface area (Å²) in [6.07, 6.45) is 1.37. The average molecular weight is 378 g/mol. The fourth-order valence-corrected chi connectivity index (χ4v) is 3.94. The van der Waals surface area contributed by atoms with Crippen LogP contribution in [0.4, 0.5) is 9.18 Å². The first kappa shape index (κ1) is 19.6. The third-order valence-electron chi connectivity index (χ3n) is 5.56. The normalized spacial score (nSPS) is 23.2. The highest BCUT2D eigenvalue weighted by Crippen LogP contribution is 2.16. The first-order valence-corrected chi connectivity index (χ1v) is 9.86. The molecule has 2 aliphatic rings. The Morgan fingerprint density at radius 2 is 1.74 bits per heavy atom. The number of carbonyl (C=O) groups is 2. The third kappa shape index (κ3) is 4.97. The number of amides is 2. The van der Waals surface area contributed by atoms with E-state index in [0.29, 0.717) is 39.3 Å². The lowest BCUT2D eigenvalue weighted by molar-refractivity contribution is -0.919. The van der Waals surface area contributed by atoms with Crippen molar-refractivity contribution in [3.8, 4) is 0 Å². The van der Waals surface area contributed by atoms with Gasteiger partial charge >= 0.3 is 6.09 Å². The Labute approximate surface area is 159 Å². The van der Waals surface area contributed by atoms with Crippen molar-refractivity contribution in [3.05, 3.63) is 35.6 Å². The molecule has 7 heteroatoms. The molecular formula is C20H29FN3O3+. The zero-order valence-electron chi connectivity index (χ0n) is 16.0. The van der Waals surface area contributed by atoms with E-state index in [1.54, 1.807) is 17.9 Å². The summed E-state index contributed by atoms with van der Waals surface area (Å²) in [6.45, 7) is 6.79. The minimum Gasteiger partial charge on any atom is -0.450 e. The molecule has 0 spiro atoms. The second kappa shape index (κ2) is 9.17. The van der Waals surface area contributed by atoms with Crippen LogP contribution in [0.3, 0.4) is 0 Å². The van der Waals surface area contributed by atoms with Crippen molar-refractivity contribution in [3.63, 3.8) is 0 Å². The molecule has 27 heavy (non-hydrogen) atoms. The summed E-state index contributed by atoms with van der Waals surface area (Å²) in [7, 11) is 0. The SMILES string of the molecule is CCOC(=O)N1CCN(C(=O)C2CC[NH+](Cc3ccccc3F)CC2)CC1. The zero-order valence-corrected chi connectivity index (χ0v) is 16.0. The van der Waals surface area contributed by atoms with E-state index in [1.807, 2.05) is 17.0 Å². The number of nitrogens with one attached hydrogen (secondary N) is 1. The van der Waals surface area contributed by atoms with Gasteiger partial charge in [-0.05, 0) is 13.0 Å². The molecule has 0 aliphatic carbocycles. The van der Waals surface area contributed by atoms with Gasteiger partial charge in [-0.25, -0.2) is 9.18 Å². The number of hydrogen-bond donors (Lipinski definition) is 1. The Balaban J connectivity index is 1.44. The molecule has 2 heterocycles. The van der Waals surface area contributed by atoms with Crippen LogP contribution in [-0.2, 0) is 16.1 Å². The number of nitrogens with zero attached hydrogens (tertiary/aromatic N) is 2. The van der Waals surface area contributed by atoms with Gasteiger partial charge in [-0.3, -0.25) is 4.79 Å². The summed E-state index contributed by atoms with van der Waals surface area (Å²) >= 11 is 0. The maximum absolute atomic E-state index is 13.8. The van der Waals surface area contributed by atoms with Gasteiger partial charge in [-0.1, -0.05) is 18.2 Å². The molecular weight excluding hydrogens is 349 g/mol. The van der Waals surface area contributed by atoms with Gasteiger partial charge in [0.15, 0.2) is 0 Å². The molecule has 2 saturated heterocycles. The van der Waals surface area contributed by atoms with Gasteiger partial charge in [0.25, 0.3) is 0 Å². The van der Waals surface area contributed by atoms with E-state index < -0.39 is 0 Å². The first-order valence-electron chi connectivity index (χ1n) is 9.86. The van der Waals surface area contributed by atoms with Gasteiger partial charge in [0.1, 0.15) is 12.4 Å². The standard InChI is InChI=1S/C20H28FN3O3/c1-2-27-20(26)24-13-11-23(12-14-24)19(25)16-7-9-22(10-8-16)15-17-5-3-4-6-18(17)21/h3-6,16H,2,7-15H2,1H3/p+1. The van der Waals surface area contributed by atoms with Crippen LogP contribution in [0.25, 0.3) is 0 Å². The van der Waals surface area contributed by atoms with Crippen LogP contribution in [0.15, 0.2) is 24.3 Å². The van der Waals surface area contributed by atoms with Crippen molar-refractivity contribution in [2.45, 2.75) is 26.3 Å². The number of piperazine rings is 1. The Kier molecular flexibility index (Phi) is 6.66. The van der Waals surface area contributed by atoms with E-state index in [0.717, 1.165) is 31.5 Å². The van der Waals surface area contributed by atoms with Crippen LogP contribution >= 0.6 is 0 Å². The monoisotopic (exact) mass is 378 g/mol. The molecule has 148 valence electrons. The number of likely N-dealkylation sites (tertiary alicyclic amines) is 1. The number of halogens is 1. The molecule has 2 amide bonds. The molecule has 2 aliphatic heterocycles. The zero-order chi connectivity index (χ0) is 19.2. The Hall–Kier alpha value is -2.15. The quantitative estimate of drug-likeness (QED) is 0.848. The first-order chi connectivity index (χ1) is 13.1. The van der Waals surface area contributed by atoms with Crippen LogP contribution in [0.2, 0.25) is 0 Å². The number of hydrogen-bond acceptors (Lipinski definition) is 3. The Morgan fingerprint density at radius 1 is 1.11 bits per heavy atom. The number of quaternary nitrogens is 1. The predicted octanol–water partition coefficient (Wildman–Crippen LogP) is 0.921. The highest BCUT2D eigenvalue weighted by Gasteiger charge is 2.33. The minimum atomic E-state index is -0.297. The summed E-state index contributed by atoms with van der Waals surface area (Å²) in [5.41, 5.74) is 0.743. The van der Waals surface area contributed by atoms with Gasteiger partial charge in [-0.2, -0.15) is 0 Å². The molecule has 3 rings (SSSR count).